The third-order valence-corrected chi connectivity index (χ3v) is 4.52. The predicted octanol–water partition coefficient (Wildman–Crippen LogP) is 0.616. The summed E-state index contributed by atoms with van der Waals surface area (Å²) in [6.45, 7) is 2.13. The van der Waals surface area contributed by atoms with Gasteiger partial charge in [0.1, 0.15) is 6.04 Å². The standard InChI is InChI=1S/C18H28N4O2/c1-19-18(24)17(14-8-5-4-6-9-14)20-16(23)13-22-11-7-10-15(12-22)21(2)3/h4-6,8-9,15,17H,7,10-13H2,1-3H3,(H,19,24)(H,20,23). The van der Waals surface area contributed by atoms with Crippen LogP contribution >= 0.6 is 0 Å². The van der Waals surface area contributed by atoms with Crippen molar-refractivity contribution in [2.75, 3.05) is 40.8 Å². The number of amides is 2. The van der Waals surface area contributed by atoms with Crippen molar-refractivity contribution in [2.45, 2.75) is 24.9 Å². The number of rotatable bonds is 6. The van der Waals surface area contributed by atoms with E-state index in [0.717, 1.165) is 31.5 Å². The first-order valence-electron chi connectivity index (χ1n) is 8.46. The Hall–Kier alpha value is -1.92. The van der Waals surface area contributed by atoms with E-state index in [1.54, 1.807) is 7.05 Å². The van der Waals surface area contributed by atoms with Crippen molar-refractivity contribution in [3.05, 3.63) is 35.9 Å². The quantitative estimate of drug-likeness (QED) is 0.801. The van der Waals surface area contributed by atoms with Gasteiger partial charge in [-0.05, 0) is 39.0 Å². The van der Waals surface area contributed by atoms with Gasteiger partial charge >= 0.3 is 0 Å². The molecule has 1 aromatic carbocycles. The van der Waals surface area contributed by atoms with Crippen LogP contribution in [-0.2, 0) is 9.59 Å². The van der Waals surface area contributed by atoms with E-state index < -0.39 is 6.04 Å². The molecule has 24 heavy (non-hydrogen) atoms. The maximum absolute atomic E-state index is 12.4. The molecule has 1 saturated heterocycles. The van der Waals surface area contributed by atoms with Crippen LogP contribution < -0.4 is 10.6 Å². The van der Waals surface area contributed by atoms with Gasteiger partial charge in [-0.1, -0.05) is 30.3 Å². The molecule has 0 bridgehead atoms. The summed E-state index contributed by atoms with van der Waals surface area (Å²) < 4.78 is 0. The van der Waals surface area contributed by atoms with Gasteiger partial charge in [-0.15, -0.1) is 0 Å². The van der Waals surface area contributed by atoms with Gasteiger partial charge in [0.2, 0.25) is 11.8 Å². The van der Waals surface area contributed by atoms with Crippen LogP contribution in [0.25, 0.3) is 0 Å². The molecule has 6 heteroatoms. The molecule has 0 aromatic heterocycles. The van der Waals surface area contributed by atoms with Crippen molar-refractivity contribution in [2.24, 2.45) is 0 Å². The molecule has 1 fully saturated rings. The lowest BCUT2D eigenvalue weighted by Crippen LogP contribution is -2.49. The van der Waals surface area contributed by atoms with E-state index in [0.29, 0.717) is 12.6 Å². The third kappa shape index (κ3) is 5.04. The first kappa shape index (κ1) is 18.4. The highest BCUT2D eigenvalue weighted by atomic mass is 16.2. The highest BCUT2D eigenvalue weighted by Crippen LogP contribution is 2.15. The van der Waals surface area contributed by atoms with Crippen LogP contribution in [0.5, 0.6) is 0 Å². The number of hydrogen-bond acceptors (Lipinski definition) is 4. The molecule has 0 spiro atoms. The minimum absolute atomic E-state index is 0.119. The zero-order valence-electron chi connectivity index (χ0n) is 14.8. The molecular formula is C18H28N4O2. The fourth-order valence-electron chi connectivity index (χ4n) is 3.10. The van der Waals surface area contributed by atoms with Gasteiger partial charge < -0.3 is 15.5 Å². The van der Waals surface area contributed by atoms with Gasteiger partial charge in [0.15, 0.2) is 0 Å². The molecule has 6 nitrogen and oxygen atoms in total. The molecular weight excluding hydrogens is 304 g/mol. The van der Waals surface area contributed by atoms with Gasteiger partial charge in [0.25, 0.3) is 0 Å². The maximum atomic E-state index is 12.4. The molecule has 2 atom stereocenters. The summed E-state index contributed by atoms with van der Waals surface area (Å²) in [4.78, 5) is 29.0. The second kappa shape index (κ2) is 8.80. The average molecular weight is 332 g/mol. The second-order valence-corrected chi connectivity index (χ2v) is 6.52. The molecule has 1 aliphatic rings. The van der Waals surface area contributed by atoms with E-state index in [9.17, 15) is 9.59 Å². The molecule has 0 aliphatic carbocycles. The smallest absolute Gasteiger partial charge is 0.246 e. The van der Waals surface area contributed by atoms with Crippen LogP contribution in [0.15, 0.2) is 30.3 Å². The Bertz CT molecular complexity index is 547. The van der Waals surface area contributed by atoms with Gasteiger partial charge in [0.05, 0.1) is 6.54 Å². The van der Waals surface area contributed by atoms with E-state index >= 15 is 0 Å². The lowest BCUT2D eigenvalue weighted by Gasteiger charge is -2.35. The molecule has 1 aromatic rings. The normalized spacial score (nSPS) is 19.8. The fourth-order valence-corrected chi connectivity index (χ4v) is 3.10. The topological polar surface area (TPSA) is 64.7 Å². The van der Waals surface area contributed by atoms with Crippen molar-refractivity contribution in [3.63, 3.8) is 0 Å². The number of nitrogens with one attached hydrogen (secondary N) is 2. The average Bonchev–Trinajstić information content (AvgIpc) is 2.60. The Balaban J connectivity index is 1.97. The summed E-state index contributed by atoms with van der Waals surface area (Å²) >= 11 is 0. The van der Waals surface area contributed by atoms with Crippen molar-refractivity contribution >= 4 is 11.8 Å². The van der Waals surface area contributed by atoms with Gasteiger partial charge in [-0.3, -0.25) is 14.5 Å². The van der Waals surface area contributed by atoms with E-state index in [1.165, 1.54) is 0 Å². The second-order valence-electron chi connectivity index (χ2n) is 6.52. The molecule has 0 saturated carbocycles. The molecule has 2 rings (SSSR count). The Morgan fingerprint density at radius 3 is 2.62 bits per heavy atom. The fraction of sp³-hybridized carbons (Fsp3) is 0.556. The summed E-state index contributed by atoms with van der Waals surface area (Å²) in [6.07, 6.45) is 2.25. The largest absolute Gasteiger partial charge is 0.357 e. The molecule has 1 heterocycles. The van der Waals surface area contributed by atoms with Crippen LogP contribution in [0.4, 0.5) is 0 Å². The number of hydrogen-bond donors (Lipinski definition) is 2. The monoisotopic (exact) mass is 332 g/mol. The van der Waals surface area contributed by atoms with Gasteiger partial charge in [-0.2, -0.15) is 0 Å². The molecule has 132 valence electrons. The zero-order valence-corrected chi connectivity index (χ0v) is 14.8. The van der Waals surface area contributed by atoms with E-state index in [2.05, 4.69) is 34.5 Å². The molecule has 2 amide bonds. The number of piperidine rings is 1. The maximum Gasteiger partial charge on any atom is 0.246 e. The summed E-state index contributed by atoms with van der Waals surface area (Å²) in [5.41, 5.74) is 0.787. The molecule has 1 aliphatic heterocycles. The van der Waals surface area contributed by atoms with Crippen molar-refractivity contribution < 1.29 is 9.59 Å². The summed E-state index contributed by atoms with van der Waals surface area (Å²) in [6, 6.07) is 9.15. The Kier molecular flexibility index (Phi) is 6.75. The van der Waals surface area contributed by atoms with E-state index in [-0.39, 0.29) is 11.8 Å². The van der Waals surface area contributed by atoms with Gasteiger partial charge in [0, 0.05) is 19.6 Å². The first-order chi connectivity index (χ1) is 11.5. The van der Waals surface area contributed by atoms with Crippen LogP contribution in [0.3, 0.4) is 0 Å². The lowest BCUT2D eigenvalue weighted by atomic mass is 10.0. The number of likely N-dealkylation sites (N-methyl/N-ethyl adjacent to an activating group) is 2. The number of nitrogens with zero attached hydrogens (tertiary/aromatic N) is 2. The number of benzene rings is 1. The third-order valence-electron chi connectivity index (χ3n) is 4.52. The number of likely N-dealkylation sites (tertiary alicyclic amines) is 1. The van der Waals surface area contributed by atoms with Crippen LogP contribution in [0.1, 0.15) is 24.4 Å². The number of carbonyl (C=O) groups excluding carboxylic acids is 2. The van der Waals surface area contributed by atoms with Crippen molar-refractivity contribution in [3.8, 4) is 0 Å². The number of carbonyl (C=O) groups is 2. The minimum Gasteiger partial charge on any atom is -0.357 e. The van der Waals surface area contributed by atoms with Crippen molar-refractivity contribution in [1.29, 1.82) is 0 Å². The predicted molar refractivity (Wildman–Crippen MR) is 94.5 cm³/mol. The van der Waals surface area contributed by atoms with Crippen LogP contribution in [0.2, 0.25) is 0 Å². The van der Waals surface area contributed by atoms with E-state index in [4.69, 9.17) is 0 Å². The minimum atomic E-state index is -0.655. The van der Waals surface area contributed by atoms with Crippen LogP contribution in [0, 0.1) is 0 Å². The first-order valence-corrected chi connectivity index (χ1v) is 8.46. The van der Waals surface area contributed by atoms with Crippen LogP contribution in [-0.4, -0.2) is 68.4 Å². The van der Waals surface area contributed by atoms with E-state index in [1.807, 2.05) is 30.3 Å². The SMILES string of the molecule is CNC(=O)C(NC(=O)CN1CCCC(N(C)C)C1)c1ccccc1. The van der Waals surface area contributed by atoms with Crippen molar-refractivity contribution in [1.82, 2.24) is 20.4 Å². The highest BCUT2D eigenvalue weighted by molar-refractivity contribution is 5.89. The Labute approximate surface area is 144 Å². The Morgan fingerprint density at radius 1 is 1.29 bits per heavy atom. The summed E-state index contributed by atoms with van der Waals surface area (Å²) in [5.74, 6) is -0.328. The van der Waals surface area contributed by atoms with Gasteiger partial charge in [-0.25, -0.2) is 0 Å². The highest BCUT2D eigenvalue weighted by Gasteiger charge is 2.25. The molecule has 0 radical (unpaired) electrons. The lowest BCUT2D eigenvalue weighted by molar-refractivity contribution is -0.129. The Morgan fingerprint density at radius 2 is 2.00 bits per heavy atom. The zero-order chi connectivity index (χ0) is 17.5. The molecule has 2 N–H and O–H groups in total. The summed E-state index contributed by atoms with van der Waals surface area (Å²) in [5, 5.41) is 5.49. The molecule has 2 unspecified atom stereocenters. The summed E-state index contributed by atoms with van der Waals surface area (Å²) in [7, 11) is 5.73.